The second-order valence-electron chi connectivity index (χ2n) is 9.21. The van der Waals surface area contributed by atoms with E-state index in [1.807, 2.05) is 12.3 Å². The zero-order valence-corrected chi connectivity index (χ0v) is 17.9. The van der Waals surface area contributed by atoms with Crippen LogP contribution in [0.1, 0.15) is 61.4 Å². The minimum absolute atomic E-state index is 0.403. The Labute approximate surface area is 185 Å². The van der Waals surface area contributed by atoms with Crippen LogP contribution >= 0.6 is 0 Å². The standard InChI is InChI=1S/C23H25N9/c1-3-15(23-30-29-19-4-2-12-32(19)23)13-31(11-1)18-8-7-16-22(27-18)28-21(26-16)17-9-10-24-20(25-17)14-5-6-14/h7-10,14-15H,1-6,11-13H2,(H,26,27,28). The molecule has 7 rings (SSSR count). The summed E-state index contributed by atoms with van der Waals surface area (Å²) in [6.07, 6.45) is 8.72. The van der Waals surface area contributed by atoms with Crippen molar-refractivity contribution in [1.29, 1.82) is 0 Å². The fraction of sp³-hybridized carbons (Fsp3) is 0.478. The maximum absolute atomic E-state index is 4.92. The summed E-state index contributed by atoms with van der Waals surface area (Å²) in [5.74, 6) is 5.89. The van der Waals surface area contributed by atoms with Gasteiger partial charge in [-0.05, 0) is 50.3 Å². The quantitative estimate of drug-likeness (QED) is 0.534. The monoisotopic (exact) mass is 427 g/mol. The van der Waals surface area contributed by atoms with E-state index in [2.05, 4.69) is 41.8 Å². The van der Waals surface area contributed by atoms with Crippen molar-refractivity contribution in [2.45, 2.75) is 56.9 Å². The van der Waals surface area contributed by atoms with E-state index in [0.29, 0.717) is 11.8 Å². The molecule has 32 heavy (non-hydrogen) atoms. The number of piperidine rings is 1. The van der Waals surface area contributed by atoms with Crippen LogP contribution in [0.25, 0.3) is 22.7 Å². The molecule has 0 amide bonds. The molecule has 1 aliphatic carbocycles. The molecule has 1 saturated heterocycles. The van der Waals surface area contributed by atoms with E-state index in [0.717, 1.165) is 84.9 Å². The lowest BCUT2D eigenvalue weighted by molar-refractivity contribution is 0.471. The van der Waals surface area contributed by atoms with Gasteiger partial charge in [-0.15, -0.1) is 10.2 Å². The maximum atomic E-state index is 4.92. The number of imidazole rings is 1. The number of aryl methyl sites for hydroxylation is 1. The van der Waals surface area contributed by atoms with Crippen molar-refractivity contribution < 1.29 is 0 Å². The van der Waals surface area contributed by atoms with Crippen LogP contribution < -0.4 is 4.90 Å². The molecule has 0 bridgehead atoms. The summed E-state index contributed by atoms with van der Waals surface area (Å²) in [5, 5.41) is 8.96. The van der Waals surface area contributed by atoms with Gasteiger partial charge in [0, 0.05) is 44.1 Å². The summed E-state index contributed by atoms with van der Waals surface area (Å²) in [4.78, 5) is 24.6. The molecular weight excluding hydrogens is 402 g/mol. The molecular formula is C23H25N9. The van der Waals surface area contributed by atoms with Crippen LogP contribution in [0.3, 0.4) is 0 Å². The summed E-state index contributed by atoms with van der Waals surface area (Å²) in [7, 11) is 0. The Bertz CT molecular complexity index is 1300. The van der Waals surface area contributed by atoms with Gasteiger partial charge in [0.1, 0.15) is 34.5 Å². The Morgan fingerprint density at radius 1 is 0.906 bits per heavy atom. The van der Waals surface area contributed by atoms with E-state index in [1.54, 1.807) is 0 Å². The molecule has 1 N–H and O–H groups in total. The highest BCUT2D eigenvalue weighted by atomic mass is 15.3. The average molecular weight is 428 g/mol. The second-order valence-corrected chi connectivity index (χ2v) is 9.21. The topological polar surface area (TPSA) is 101 Å². The van der Waals surface area contributed by atoms with Gasteiger partial charge in [-0.1, -0.05) is 0 Å². The summed E-state index contributed by atoms with van der Waals surface area (Å²) >= 11 is 0. The van der Waals surface area contributed by atoms with Crippen molar-refractivity contribution in [2.75, 3.05) is 18.0 Å². The van der Waals surface area contributed by atoms with Crippen LogP contribution in [0.5, 0.6) is 0 Å². The van der Waals surface area contributed by atoms with Crippen LogP contribution in [0.4, 0.5) is 5.82 Å². The lowest BCUT2D eigenvalue weighted by Crippen LogP contribution is -2.35. The molecule has 162 valence electrons. The lowest BCUT2D eigenvalue weighted by atomic mass is 9.97. The summed E-state index contributed by atoms with van der Waals surface area (Å²) in [6, 6.07) is 6.05. The molecule has 9 nitrogen and oxygen atoms in total. The molecule has 0 radical (unpaired) electrons. The van der Waals surface area contributed by atoms with Crippen molar-refractivity contribution in [2.24, 2.45) is 0 Å². The van der Waals surface area contributed by atoms with Crippen molar-refractivity contribution in [3.63, 3.8) is 0 Å². The van der Waals surface area contributed by atoms with Gasteiger partial charge in [0.15, 0.2) is 11.5 Å². The molecule has 2 fully saturated rings. The van der Waals surface area contributed by atoms with Crippen molar-refractivity contribution in [3.8, 4) is 11.5 Å². The number of H-pyrrole nitrogens is 1. The Morgan fingerprint density at radius 2 is 1.88 bits per heavy atom. The second kappa shape index (κ2) is 7.08. The molecule has 1 saturated carbocycles. The van der Waals surface area contributed by atoms with Gasteiger partial charge in [-0.2, -0.15) is 0 Å². The summed E-state index contributed by atoms with van der Waals surface area (Å²) in [5.41, 5.74) is 2.49. The SMILES string of the molecule is c1cc(-c2nc3ccc(N4CCCC(c5nnc6n5CCC6)C4)nc3[nH]2)nc(C2CC2)n1. The average Bonchev–Trinajstić information content (AvgIpc) is 3.24. The molecule has 3 aliphatic rings. The van der Waals surface area contributed by atoms with E-state index in [4.69, 9.17) is 15.0 Å². The van der Waals surface area contributed by atoms with Crippen LogP contribution in [0.15, 0.2) is 24.4 Å². The van der Waals surface area contributed by atoms with E-state index in [9.17, 15) is 0 Å². The number of pyridine rings is 1. The van der Waals surface area contributed by atoms with Gasteiger partial charge in [0.2, 0.25) is 0 Å². The number of hydrogen-bond acceptors (Lipinski definition) is 7. The zero-order chi connectivity index (χ0) is 21.1. The van der Waals surface area contributed by atoms with Crippen LogP contribution in [0.2, 0.25) is 0 Å². The van der Waals surface area contributed by atoms with E-state index in [-0.39, 0.29) is 0 Å². The predicted octanol–water partition coefficient (Wildman–Crippen LogP) is 3.21. The number of rotatable bonds is 4. The van der Waals surface area contributed by atoms with Crippen molar-refractivity contribution in [1.82, 2.24) is 39.7 Å². The van der Waals surface area contributed by atoms with E-state index >= 15 is 0 Å². The maximum Gasteiger partial charge on any atom is 0.160 e. The Balaban J connectivity index is 1.16. The first kappa shape index (κ1) is 18.2. The minimum Gasteiger partial charge on any atom is -0.356 e. The van der Waals surface area contributed by atoms with E-state index < -0.39 is 0 Å². The number of nitrogens with zero attached hydrogens (tertiary/aromatic N) is 8. The highest BCUT2D eigenvalue weighted by Crippen LogP contribution is 2.38. The lowest BCUT2D eigenvalue weighted by Gasteiger charge is -2.33. The molecule has 4 aromatic heterocycles. The highest BCUT2D eigenvalue weighted by Gasteiger charge is 2.29. The first-order valence-corrected chi connectivity index (χ1v) is 11.7. The van der Waals surface area contributed by atoms with Crippen molar-refractivity contribution >= 4 is 17.0 Å². The van der Waals surface area contributed by atoms with Gasteiger partial charge in [-0.25, -0.2) is 19.9 Å². The fourth-order valence-electron chi connectivity index (χ4n) is 5.10. The summed E-state index contributed by atoms with van der Waals surface area (Å²) in [6.45, 7) is 2.99. The molecule has 1 unspecified atom stereocenters. The zero-order valence-electron chi connectivity index (χ0n) is 17.9. The smallest absolute Gasteiger partial charge is 0.160 e. The van der Waals surface area contributed by atoms with Gasteiger partial charge in [-0.3, -0.25) is 0 Å². The number of hydrogen-bond donors (Lipinski definition) is 1. The fourth-order valence-corrected chi connectivity index (χ4v) is 5.10. The Hall–Kier alpha value is -3.36. The summed E-state index contributed by atoms with van der Waals surface area (Å²) < 4.78 is 2.34. The Morgan fingerprint density at radius 3 is 2.81 bits per heavy atom. The molecule has 9 heteroatoms. The van der Waals surface area contributed by atoms with Crippen molar-refractivity contribution in [3.05, 3.63) is 41.9 Å². The number of anilines is 1. The molecule has 0 spiro atoms. The van der Waals surface area contributed by atoms with Gasteiger partial charge >= 0.3 is 0 Å². The largest absolute Gasteiger partial charge is 0.356 e. The minimum atomic E-state index is 0.403. The number of fused-ring (bicyclic) bond motifs is 2. The highest BCUT2D eigenvalue weighted by molar-refractivity contribution is 5.77. The van der Waals surface area contributed by atoms with Crippen LogP contribution in [-0.2, 0) is 13.0 Å². The number of aromatic amines is 1. The van der Waals surface area contributed by atoms with Gasteiger partial charge < -0.3 is 14.5 Å². The first-order valence-electron chi connectivity index (χ1n) is 11.7. The number of aromatic nitrogens is 8. The molecule has 6 heterocycles. The molecule has 1 atom stereocenters. The molecule has 4 aromatic rings. The third-order valence-electron chi connectivity index (χ3n) is 6.94. The van der Waals surface area contributed by atoms with E-state index in [1.165, 1.54) is 19.3 Å². The van der Waals surface area contributed by atoms with Crippen LogP contribution in [-0.4, -0.2) is 52.8 Å². The number of nitrogens with one attached hydrogen (secondary N) is 1. The van der Waals surface area contributed by atoms with Gasteiger partial charge in [0.25, 0.3) is 0 Å². The third-order valence-corrected chi connectivity index (χ3v) is 6.94. The van der Waals surface area contributed by atoms with Crippen LogP contribution in [0, 0.1) is 0 Å². The van der Waals surface area contributed by atoms with Gasteiger partial charge in [0.05, 0.1) is 0 Å². The predicted molar refractivity (Wildman–Crippen MR) is 119 cm³/mol. The third kappa shape index (κ3) is 3.06. The molecule has 2 aliphatic heterocycles. The Kier molecular flexibility index (Phi) is 4.03. The first-order chi connectivity index (χ1) is 15.8. The normalized spacial score (nSPS) is 20.8. The molecule has 0 aromatic carbocycles.